The second-order valence-corrected chi connectivity index (χ2v) is 6.03. The molecular weight excluding hydrogens is 261 g/mol. The van der Waals surface area contributed by atoms with Crippen LogP contribution in [0, 0.1) is 11.7 Å². The molecule has 1 fully saturated rings. The quantitative estimate of drug-likeness (QED) is 0.821. The molecule has 4 heteroatoms. The first kappa shape index (κ1) is 14.4. The smallest absolute Gasteiger partial charge is 0.233 e. The van der Waals surface area contributed by atoms with Gasteiger partial charge in [-0.2, -0.15) is 0 Å². The number of hydrogen-bond acceptors (Lipinski definition) is 2. The van der Waals surface area contributed by atoms with Gasteiger partial charge in [0, 0.05) is 6.54 Å². The Morgan fingerprint density at radius 1 is 1.42 bits per heavy atom. The summed E-state index contributed by atoms with van der Waals surface area (Å²) in [6.07, 6.45) is 2.14. The molecule has 1 atom stereocenters. The Morgan fingerprint density at radius 3 is 2.79 bits per heavy atom. The maximum Gasteiger partial charge on any atom is 0.233 e. The molecular formula is C15H20FNOS. The molecule has 0 aromatic heterocycles. The fraction of sp³-hybridized carbons (Fsp3) is 0.533. The molecule has 104 valence electrons. The topological polar surface area (TPSA) is 20.3 Å². The zero-order valence-corrected chi connectivity index (χ0v) is 12.3. The Kier molecular flexibility index (Phi) is 4.86. The highest BCUT2D eigenvalue weighted by Crippen LogP contribution is 2.35. The van der Waals surface area contributed by atoms with Gasteiger partial charge in [0.2, 0.25) is 5.91 Å². The molecule has 1 aromatic rings. The molecule has 2 nitrogen and oxygen atoms in total. The highest BCUT2D eigenvalue weighted by molar-refractivity contribution is 8.01. The van der Waals surface area contributed by atoms with Crippen LogP contribution in [0.3, 0.4) is 0 Å². The van der Waals surface area contributed by atoms with E-state index < -0.39 is 0 Å². The molecule has 1 heterocycles. The average molecular weight is 281 g/mol. The van der Waals surface area contributed by atoms with Crippen LogP contribution >= 0.6 is 11.8 Å². The summed E-state index contributed by atoms with van der Waals surface area (Å²) in [5, 5.41) is 0.241. The van der Waals surface area contributed by atoms with Gasteiger partial charge in [0.15, 0.2) is 0 Å². The third-order valence-electron chi connectivity index (χ3n) is 3.70. The largest absolute Gasteiger partial charge is 0.325 e. The van der Waals surface area contributed by atoms with Crippen LogP contribution < -0.4 is 0 Å². The minimum atomic E-state index is -0.240. The lowest BCUT2D eigenvalue weighted by Crippen LogP contribution is -2.36. The van der Waals surface area contributed by atoms with Crippen LogP contribution in [0.4, 0.5) is 4.39 Å². The molecule has 1 unspecified atom stereocenters. The summed E-state index contributed by atoms with van der Waals surface area (Å²) >= 11 is 1.72. The molecule has 0 radical (unpaired) electrons. The molecule has 2 rings (SSSR count). The molecule has 1 amide bonds. The van der Waals surface area contributed by atoms with Crippen molar-refractivity contribution in [1.82, 2.24) is 4.90 Å². The van der Waals surface area contributed by atoms with E-state index in [0.29, 0.717) is 18.2 Å². The number of hydrogen-bond donors (Lipinski definition) is 0. The molecule has 0 aliphatic carbocycles. The number of rotatable bonds is 5. The van der Waals surface area contributed by atoms with E-state index in [4.69, 9.17) is 0 Å². The maximum atomic E-state index is 13.2. The van der Waals surface area contributed by atoms with Crippen molar-refractivity contribution in [1.29, 1.82) is 0 Å². The summed E-state index contributed by atoms with van der Waals surface area (Å²) < 4.78 is 13.2. The minimum Gasteiger partial charge on any atom is -0.325 e. The van der Waals surface area contributed by atoms with Gasteiger partial charge in [0.1, 0.15) is 5.82 Å². The van der Waals surface area contributed by atoms with E-state index in [2.05, 4.69) is 13.8 Å². The predicted molar refractivity (Wildman–Crippen MR) is 77.3 cm³/mol. The van der Waals surface area contributed by atoms with Crippen LogP contribution in [0.25, 0.3) is 0 Å². The molecule has 1 aliphatic heterocycles. The Bertz CT molecular complexity index is 448. The summed E-state index contributed by atoms with van der Waals surface area (Å²) in [7, 11) is 0. The first-order valence-corrected chi connectivity index (χ1v) is 7.86. The zero-order valence-electron chi connectivity index (χ0n) is 11.4. The maximum absolute atomic E-state index is 13.2. The van der Waals surface area contributed by atoms with Crippen LogP contribution in [0.5, 0.6) is 0 Å². The van der Waals surface area contributed by atoms with Gasteiger partial charge in [-0.15, -0.1) is 11.8 Å². The van der Waals surface area contributed by atoms with E-state index in [1.807, 2.05) is 11.0 Å². The van der Waals surface area contributed by atoms with E-state index in [9.17, 15) is 9.18 Å². The Labute approximate surface area is 118 Å². The number of amides is 1. The molecule has 1 aliphatic rings. The molecule has 0 spiro atoms. The van der Waals surface area contributed by atoms with Crippen LogP contribution in [0.2, 0.25) is 0 Å². The highest BCUT2D eigenvalue weighted by Gasteiger charge is 2.35. The molecule has 0 saturated carbocycles. The van der Waals surface area contributed by atoms with Crippen molar-refractivity contribution in [3.63, 3.8) is 0 Å². The number of carbonyl (C=O) groups is 1. The summed E-state index contributed by atoms with van der Waals surface area (Å²) in [4.78, 5) is 13.9. The summed E-state index contributed by atoms with van der Waals surface area (Å²) in [6.45, 7) is 4.85. The fourth-order valence-corrected chi connectivity index (χ4v) is 4.07. The van der Waals surface area contributed by atoms with Gasteiger partial charge in [0.05, 0.1) is 11.1 Å². The lowest BCUT2D eigenvalue weighted by Gasteiger charge is -2.29. The monoisotopic (exact) mass is 281 g/mol. The third kappa shape index (κ3) is 3.30. The van der Waals surface area contributed by atoms with E-state index in [-0.39, 0.29) is 17.1 Å². The zero-order chi connectivity index (χ0) is 13.8. The number of nitrogens with zero attached hydrogens (tertiary/aromatic N) is 1. The summed E-state index contributed by atoms with van der Waals surface area (Å²) in [5.74, 6) is 1.00. The lowest BCUT2D eigenvalue weighted by molar-refractivity contribution is -0.129. The fourth-order valence-electron chi connectivity index (χ4n) is 2.56. The highest BCUT2D eigenvalue weighted by atomic mass is 32.2. The number of halogens is 1. The SMILES string of the molecule is CCC(CC)C1SCC(=O)N1Cc1cccc(F)c1. The Morgan fingerprint density at radius 2 is 2.16 bits per heavy atom. The molecule has 1 saturated heterocycles. The van der Waals surface area contributed by atoms with Crippen LogP contribution in [-0.2, 0) is 11.3 Å². The Balaban J connectivity index is 2.13. The van der Waals surface area contributed by atoms with E-state index in [1.54, 1.807) is 17.8 Å². The summed E-state index contributed by atoms with van der Waals surface area (Å²) in [6, 6.07) is 6.52. The van der Waals surface area contributed by atoms with Crippen LogP contribution in [-0.4, -0.2) is 21.9 Å². The third-order valence-corrected chi connectivity index (χ3v) is 5.09. The molecule has 0 N–H and O–H groups in total. The Hall–Kier alpha value is -1.03. The van der Waals surface area contributed by atoms with E-state index >= 15 is 0 Å². The summed E-state index contributed by atoms with van der Waals surface area (Å²) in [5.41, 5.74) is 0.867. The normalized spacial score (nSPS) is 19.5. The minimum absolute atomic E-state index is 0.172. The predicted octanol–water partition coefficient (Wildman–Crippen LogP) is 3.66. The number of benzene rings is 1. The molecule has 0 bridgehead atoms. The lowest BCUT2D eigenvalue weighted by atomic mass is 10.0. The van der Waals surface area contributed by atoms with Gasteiger partial charge in [-0.05, 0) is 23.6 Å². The van der Waals surface area contributed by atoms with Crippen molar-refractivity contribution in [3.05, 3.63) is 35.6 Å². The second-order valence-electron chi connectivity index (χ2n) is 4.93. The number of thioether (sulfide) groups is 1. The second kappa shape index (κ2) is 6.42. The molecule has 19 heavy (non-hydrogen) atoms. The van der Waals surface area contributed by atoms with Gasteiger partial charge < -0.3 is 4.90 Å². The van der Waals surface area contributed by atoms with Gasteiger partial charge in [-0.3, -0.25) is 4.79 Å². The van der Waals surface area contributed by atoms with Gasteiger partial charge in [-0.25, -0.2) is 4.39 Å². The molecule has 1 aromatic carbocycles. The standard InChI is InChI=1S/C15H20FNOS/c1-3-12(4-2)15-17(14(18)10-19-15)9-11-6-5-7-13(16)8-11/h5-8,12,15H,3-4,9-10H2,1-2H3. The van der Waals surface area contributed by atoms with E-state index in [1.165, 1.54) is 12.1 Å². The van der Waals surface area contributed by atoms with Crippen LogP contribution in [0.15, 0.2) is 24.3 Å². The van der Waals surface area contributed by atoms with Crippen molar-refractivity contribution in [2.24, 2.45) is 5.92 Å². The van der Waals surface area contributed by atoms with Crippen LogP contribution in [0.1, 0.15) is 32.3 Å². The van der Waals surface area contributed by atoms with Gasteiger partial charge in [0.25, 0.3) is 0 Å². The van der Waals surface area contributed by atoms with Crippen molar-refractivity contribution in [2.75, 3.05) is 5.75 Å². The van der Waals surface area contributed by atoms with Crippen molar-refractivity contribution < 1.29 is 9.18 Å². The van der Waals surface area contributed by atoms with Gasteiger partial charge >= 0.3 is 0 Å². The van der Waals surface area contributed by atoms with Gasteiger partial charge in [-0.1, -0.05) is 38.8 Å². The first-order chi connectivity index (χ1) is 9.15. The van der Waals surface area contributed by atoms with Crippen molar-refractivity contribution in [3.8, 4) is 0 Å². The van der Waals surface area contributed by atoms with Crippen molar-refractivity contribution in [2.45, 2.75) is 38.6 Å². The first-order valence-electron chi connectivity index (χ1n) is 6.81. The van der Waals surface area contributed by atoms with E-state index in [0.717, 1.165) is 18.4 Å². The average Bonchev–Trinajstić information content (AvgIpc) is 2.74. The van der Waals surface area contributed by atoms with Crippen molar-refractivity contribution >= 4 is 17.7 Å². The number of carbonyl (C=O) groups excluding carboxylic acids is 1.